The summed E-state index contributed by atoms with van der Waals surface area (Å²) in [5.41, 5.74) is 5.58. The number of phenols is 1. The summed E-state index contributed by atoms with van der Waals surface area (Å²) in [6, 6.07) is 2.79. The Labute approximate surface area is 97.6 Å². The second kappa shape index (κ2) is 6.24. The van der Waals surface area contributed by atoms with Crippen LogP contribution in [0.15, 0.2) is 18.2 Å². The van der Waals surface area contributed by atoms with Gasteiger partial charge < -0.3 is 10.8 Å². The van der Waals surface area contributed by atoms with Gasteiger partial charge in [-0.05, 0) is 12.5 Å². The maximum Gasteiger partial charge on any atom is 0.270 e. The number of non-ortho nitro benzene ring substituents is 1. The van der Waals surface area contributed by atoms with E-state index in [0.717, 1.165) is 6.07 Å². The van der Waals surface area contributed by atoms with Crippen molar-refractivity contribution in [3.05, 3.63) is 33.9 Å². The van der Waals surface area contributed by atoms with Crippen molar-refractivity contribution in [2.75, 3.05) is 6.67 Å². The Hall–Kier alpha value is -1.40. The van der Waals surface area contributed by atoms with E-state index >= 15 is 0 Å². The summed E-state index contributed by atoms with van der Waals surface area (Å²) in [5.74, 6) is -0.151. The number of rotatable bonds is 4. The van der Waals surface area contributed by atoms with Gasteiger partial charge in [0.1, 0.15) is 5.75 Å². The fraction of sp³-hybridized carbons (Fsp3) is 0.333. The van der Waals surface area contributed by atoms with E-state index in [-0.39, 0.29) is 35.8 Å². The third-order valence-corrected chi connectivity index (χ3v) is 2.04. The van der Waals surface area contributed by atoms with Crippen LogP contribution in [0.25, 0.3) is 0 Å². The van der Waals surface area contributed by atoms with Gasteiger partial charge in [-0.15, -0.1) is 12.4 Å². The number of nitro groups is 1. The summed E-state index contributed by atoms with van der Waals surface area (Å²) in [6.07, 6.45) is 0.0225. The Balaban J connectivity index is 0.00000225. The molecular formula is C9H12ClFN2O3. The molecule has 0 saturated carbocycles. The molecule has 0 aliphatic heterocycles. The fourth-order valence-electron chi connectivity index (χ4n) is 1.23. The van der Waals surface area contributed by atoms with Gasteiger partial charge in [0.25, 0.3) is 5.69 Å². The number of nitrogens with zero attached hydrogens (tertiary/aromatic N) is 1. The molecule has 0 aromatic heterocycles. The summed E-state index contributed by atoms with van der Waals surface area (Å²) in [6.45, 7) is -0.636. The first-order valence-corrected chi connectivity index (χ1v) is 4.35. The lowest BCUT2D eigenvalue weighted by atomic mass is 10.0. The van der Waals surface area contributed by atoms with E-state index in [1.54, 1.807) is 0 Å². The highest BCUT2D eigenvalue weighted by molar-refractivity contribution is 5.85. The predicted molar refractivity (Wildman–Crippen MR) is 59.5 cm³/mol. The monoisotopic (exact) mass is 250 g/mol. The van der Waals surface area contributed by atoms with Crippen LogP contribution in [0.4, 0.5) is 10.1 Å². The lowest BCUT2D eigenvalue weighted by Crippen LogP contribution is -2.11. The molecule has 0 fully saturated rings. The molecule has 0 spiro atoms. The van der Waals surface area contributed by atoms with Crippen molar-refractivity contribution in [2.45, 2.75) is 12.5 Å². The van der Waals surface area contributed by atoms with Crippen LogP contribution in [0, 0.1) is 10.1 Å². The van der Waals surface area contributed by atoms with Crippen LogP contribution >= 0.6 is 12.4 Å². The molecule has 1 atom stereocenters. The molecule has 0 radical (unpaired) electrons. The molecule has 16 heavy (non-hydrogen) atoms. The molecule has 1 aromatic carbocycles. The number of benzene rings is 1. The smallest absolute Gasteiger partial charge is 0.270 e. The maximum absolute atomic E-state index is 12.0. The summed E-state index contributed by atoms with van der Waals surface area (Å²) in [4.78, 5) is 9.86. The van der Waals surface area contributed by atoms with Gasteiger partial charge in [-0.3, -0.25) is 14.5 Å². The second-order valence-corrected chi connectivity index (χ2v) is 3.08. The van der Waals surface area contributed by atoms with Crippen molar-refractivity contribution in [3.8, 4) is 5.75 Å². The molecular weight excluding hydrogens is 239 g/mol. The van der Waals surface area contributed by atoms with E-state index in [0.29, 0.717) is 0 Å². The molecule has 5 nitrogen and oxygen atoms in total. The van der Waals surface area contributed by atoms with Crippen LogP contribution in [0.2, 0.25) is 0 Å². The van der Waals surface area contributed by atoms with Crippen molar-refractivity contribution in [1.29, 1.82) is 0 Å². The van der Waals surface area contributed by atoms with E-state index in [9.17, 15) is 19.6 Å². The van der Waals surface area contributed by atoms with Gasteiger partial charge in [0.2, 0.25) is 0 Å². The number of halogens is 2. The summed E-state index contributed by atoms with van der Waals surface area (Å²) in [7, 11) is 0. The molecule has 0 saturated heterocycles. The van der Waals surface area contributed by atoms with Crippen LogP contribution < -0.4 is 5.73 Å². The van der Waals surface area contributed by atoms with Gasteiger partial charge in [-0.1, -0.05) is 0 Å². The first-order valence-electron chi connectivity index (χ1n) is 4.35. The van der Waals surface area contributed by atoms with Crippen LogP contribution in [-0.2, 0) is 0 Å². The van der Waals surface area contributed by atoms with Gasteiger partial charge >= 0.3 is 0 Å². The normalized spacial score (nSPS) is 11.6. The summed E-state index contributed by atoms with van der Waals surface area (Å²) < 4.78 is 12.0. The number of aromatic hydroxyl groups is 1. The first-order chi connectivity index (χ1) is 7.06. The van der Waals surface area contributed by atoms with Gasteiger partial charge in [0.05, 0.1) is 11.6 Å². The van der Waals surface area contributed by atoms with Crippen molar-refractivity contribution in [1.82, 2.24) is 0 Å². The van der Waals surface area contributed by atoms with Crippen LogP contribution in [0.5, 0.6) is 5.75 Å². The third-order valence-electron chi connectivity index (χ3n) is 2.04. The van der Waals surface area contributed by atoms with E-state index in [2.05, 4.69) is 0 Å². The Morgan fingerprint density at radius 3 is 2.69 bits per heavy atom. The summed E-state index contributed by atoms with van der Waals surface area (Å²) >= 11 is 0. The number of nitro benzene ring substituents is 1. The van der Waals surface area contributed by atoms with E-state index < -0.39 is 17.6 Å². The van der Waals surface area contributed by atoms with Crippen molar-refractivity contribution in [2.24, 2.45) is 5.73 Å². The number of hydrogen-bond donors (Lipinski definition) is 2. The largest absolute Gasteiger partial charge is 0.508 e. The van der Waals surface area contributed by atoms with Crippen molar-refractivity contribution >= 4 is 18.1 Å². The highest BCUT2D eigenvalue weighted by Crippen LogP contribution is 2.28. The minimum Gasteiger partial charge on any atom is -0.508 e. The van der Waals surface area contributed by atoms with E-state index in [1.165, 1.54) is 12.1 Å². The number of nitrogens with two attached hydrogens (primary N) is 1. The zero-order valence-electron chi connectivity index (χ0n) is 8.30. The second-order valence-electron chi connectivity index (χ2n) is 3.08. The van der Waals surface area contributed by atoms with E-state index in [1.807, 2.05) is 0 Å². The van der Waals surface area contributed by atoms with Gasteiger partial charge in [0, 0.05) is 23.7 Å². The zero-order chi connectivity index (χ0) is 11.4. The lowest BCUT2D eigenvalue weighted by Gasteiger charge is -2.11. The lowest BCUT2D eigenvalue weighted by molar-refractivity contribution is -0.385. The molecule has 1 rings (SSSR count). The average Bonchev–Trinajstić information content (AvgIpc) is 2.18. The van der Waals surface area contributed by atoms with Gasteiger partial charge in [0.15, 0.2) is 0 Å². The molecule has 0 bridgehead atoms. The molecule has 1 aromatic rings. The highest BCUT2D eigenvalue weighted by atomic mass is 35.5. The van der Waals surface area contributed by atoms with E-state index in [4.69, 9.17) is 5.73 Å². The van der Waals surface area contributed by atoms with Crippen LogP contribution in [0.1, 0.15) is 18.0 Å². The van der Waals surface area contributed by atoms with Crippen molar-refractivity contribution in [3.63, 3.8) is 0 Å². The molecule has 3 N–H and O–H groups in total. The van der Waals surface area contributed by atoms with Crippen LogP contribution in [0.3, 0.4) is 0 Å². The molecule has 7 heteroatoms. The third kappa shape index (κ3) is 3.32. The highest BCUT2D eigenvalue weighted by Gasteiger charge is 2.15. The zero-order valence-corrected chi connectivity index (χ0v) is 9.11. The Bertz CT molecular complexity index is 376. The van der Waals surface area contributed by atoms with Gasteiger partial charge in [-0.25, -0.2) is 0 Å². The average molecular weight is 251 g/mol. The van der Waals surface area contributed by atoms with Crippen LogP contribution in [-0.4, -0.2) is 16.7 Å². The molecule has 0 unspecified atom stereocenters. The predicted octanol–water partition coefficient (Wildman–Crippen LogP) is 2.08. The SMILES string of the molecule is Cl.N[C@@H](CCF)c1cc([N+](=O)[O-])ccc1O. The number of alkyl halides is 1. The quantitative estimate of drug-likeness (QED) is 0.632. The molecule has 0 aliphatic rings. The molecule has 0 heterocycles. The Morgan fingerprint density at radius 1 is 1.56 bits per heavy atom. The Morgan fingerprint density at radius 2 is 2.19 bits per heavy atom. The first kappa shape index (κ1) is 14.6. The molecule has 90 valence electrons. The standard InChI is InChI=1S/C9H11FN2O3.ClH/c10-4-3-8(11)7-5-6(12(14)15)1-2-9(7)13;/h1-2,5,8,13H,3-4,11H2;1H/t8-;/m0./s1. The number of phenolic OH excluding ortho intramolecular Hbond substituents is 1. The van der Waals surface area contributed by atoms with Gasteiger partial charge in [-0.2, -0.15) is 0 Å². The topological polar surface area (TPSA) is 89.4 Å². The fourth-order valence-corrected chi connectivity index (χ4v) is 1.23. The molecule has 0 amide bonds. The Kier molecular flexibility index (Phi) is 5.69. The maximum atomic E-state index is 12.0. The molecule has 0 aliphatic carbocycles. The number of hydrogen-bond acceptors (Lipinski definition) is 4. The van der Waals surface area contributed by atoms with Crippen molar-refractivity contribution < 1.29 is 14.4 Å². The summed E-state index contributed by atoms with van der Waals surface area (Å²) in [5, 5.41) is 19.8. The minimum absolute atomic E-state index is 0. The minimum atomic E-state index is -0.727.